The molecule has 0 aromatic rings. The third-order valence-electron chi connectivity index (χ3n) is 1.41. The summed E-state index contributed by atoms with van der Waals surface area (Å²) in [5.74, 6) is -0.137. The lowest BCUT2D eigenvalue weighted by molar-refractivity contribution is 0.645. The molecule has 0 spiro atoms. The molecule has 0 fully saturated rings. The Balaban J connectivity index is 2.63. The zero-order valence-electron chi connectivity index (χ0n) is 5.23. The molecule has 0 amide bonds. The number of hydrogen-bond acceptors (Lipinski definition) is 1. The molecule has 0 atom stereocenters. The van der Waals surface area contributed by atoms with Gasteiger partial charge in [0.05, 0.1) is 0 Å². The molecule has 0 aliphatic heterocycles. The molecule has 1 aliphatic rings. The monoisotopic (exact) mass is 127 g/mol. The third kappa shape index (κ3) is 1.64. The summed E-state index contributed by atoms with van der Waals surface area (Å²) >= 11 is 0. The molecule has 0 radical (unpaired) electrons. The molecular weight excluding hydrogens is 117 g/mol. The Labute approximate surface area is 54.0 Å². The highest BCUT2D eigenvalue weighted by Crippen LogP contribution is 2.16. The smallest absolute Gasteiger partial charge is 0.119 e. The Kier molecular flexibility index (Phi) is 2.01. The molecule has 2 heteroatoms. The lowest BCUT2D eigenvalue weighted by atomic mass is 10.1. The van der Waals surface area contributed by atoms with E-state index in [-0.39, 0.29) is 5.83 Å². The van der Waals surface area contributed by atoms with Gasteiger partial charge in [-0.2, -0.15) is 0 Å². The van der Waals surface area contributed by atoms with Crippen molar-refractivity contribution in [2.45, 2.75) is 12.8 Å². The fraction of sp³-hybridized carbons (Fsp3) is 0.429. The van der Waals surface area contributed by atoms with E-state index in [1.165, 1.54) is 6.08 Å². The van der Waals surface area contributed by atoms with Gasteiger partial charge in [0.1, 0.15) is 5.83 Å². The molecule has 0 saturated heterocycles. The maximum atomic E-state index is 12.3. The molecule has 1 aliphatic carbocycles. The molecule has 1 nitrogen and oxygen atoms in total. The van der Waals surface area contributed by atoms with Crippen LogP contribution in [0.4, 0.5) is 4.39 Å². The predicted molar refractivity (Wildman–Crippen MR) is 35.6 cm³/mol. The van der Waals surface area contributed by atoms with Crippen molar-refractivity contribution in [2.75, 3.05) is 6.54 Å². The van der Waals surface area contributed by atoms with Crippen molar-refractivity contribution < 1.29 is 4.39 Å². The SMILES string of the molecule is NCC1=CC(F)=CCC1. The average molecular weight is 127 g/mol. The molecule has 50 valence electrons. The quantitative estimate of drug-likeness (QED) is 0.567. The summed E-state index contributed by atoms with van der Waals surface area (Å²) in [6.45, 7) is 0.487. The molecule has 0 aromatic carbocycles. The summed E-state index contributed by atoms with van der Waals surface area (Å²) in [7, 11) is 0. The second kappa shape index (κ2) is 2.78. The topological polar surface area (TPSA) is 26.0 Å². The second-order valence-corrected chi connectivity index (χ2v) is 2.13. The van der Waals surface area contributed by atoms with Crippen LogP contribution in [0.1, 0.15) is 12.8 Å². The van der Waals surface area contributed by atoms with Gasteiger partial charge >= 0.3 is 0 Å². The normalized spacial score (nSPS) is 18.9. The Morgan fingerprint density at radius 2 is 2.44 bits per heavy atom. The maximum absolute atomic E-state index is 12.3. The zero-order valence-corrected chi connectivity index (χ0v) is 5.23. The van der Waals surface area contributed by atoms with Gasteiger partial charge in [-0.1, -0.05) is 5.57 Å². The van der Waals surface area contributed by atoms with Gasteiger partial charge in [0.15, 0.2) is 0 Å². The first-order valence-corrected chi connectivity index (χ1v) is 3.08. The zero-order chi connectivity index (χ0) is 6.69. The van der Waals surface area contributed by atoms with Gasteiger partial charge in [-0.25, -0.2) is 4.39 Å². The van der Waals surface area contributed by atoms with Crippen molar-refractivity contribution in [1.29, 1.82) is 0 Å². The molecule has 0 unspecified atom stereocenters. The van der Waals surface area contributed by atoms with Gasteiger partial charge in [-0.15, -0.1) is 0 Å². The van der Waals surface area contributed by atoms with E-state index in [2.05, 4.69) is 0 Å². The van der Waals surface area contributed by atoms with E-state index in [4.69, 9.17) is 5.73 Å². The van der Waals surface area contributed by atoms with Crippen LogP contribution >= 0.6 is 0 Å². The van der Waals surface area contributed by atoms with Gasteiger partial charge in [0, 0.05) is 6.54 Å². The van der Waals surface area contributed by atoms with Crippen molar-refractivity contribution in [3.63, 3.8) is 0 Å². The van der Waals surface area contributed by atoms with Crippen LogP contribution in [0.5, 0.6) is 0 Å². The average Bonchev–Trinajstić information content (AvgIpc) is 1.88. The van der Waals surface area contributed by atoms with Crippen LogP contribution in [0.3, 0.4) is 0 Å². The minimum Gasteiger partial charge on any atom is -0.327 e. The molecule has 1 rings (SSSR count). The minimum absolute atomic E-state index is 0.137. The first kappa shape index (κ1) is 6.49. The summed E-state index contributed by atoms with van der Waals surface area (Å²) in [6.07, 6.45) is 4.82. The van der Waals surface area contributed by atoms with Crippen LogP contribution in [0.2, 0.25) is 0 Å². The summed E-state index contributed by atoms with van der Waals surface area (Å²) in [5, 5.41) is 0. The Morgan fingerprint density at radius 1 is 1.67 bits per heavy atom. The van der Waals surface area contributed by atoms with Gasteiger partial charge < -0.3 is 5.73 Å². The van der Waals surface area contributed by atoms with Gasteiger partial charge in [-0.3, -0.25) is 0 Å². The van der Waals surface area contributed by atoms with Crippen molar-refractivity contribution >= 4 is 0 Å². The lowest BCUT2D eigenvalue weighted by Gasteiger charge is -2.05. The van der Waals surface area contributed by atoms with Crippen LogP contribution in [0.15, 0.2) is 23.6 Å². The number of allylic oxidation sites excluding steroid dienone is 3. The van der Waals surface area contributed by atoms with Gasteiger partial charge in [-0.05, 0) is 25.0 Å². The fourth-order valence-electron chi connectivity index (χ4n) is 0.883. The highest BCUT2D eigenvalue weighted by Gasteiger charge is 2.01. The molecule has 0 heterocycles. The van der Waals surface area contributed by atoms with Crippen LogP contribution < -0.4 is 5.73 Å². The first-order valence-electron chi connectivity index (χ1n) is 3.08. The molecule has 0 bridgehead atoms. The first-order chi connectivity index (χ1) is 4.33. The van der Waals surface area contributed by atoms with Gasteiger partial charge in [0.2, 0.25) is 0 Å². The molecular formula is C7H10FN. The summed E-state index contributed by atoms with van der Waals surface area (Å²) in [4.78, 5) is 0. The lowest BCUT2D eigenvalue weighted by Crippen LogP contribution is -2.04. The number of nitrogens with two attached hydrogens (primary N) is 1. The Morgan fingerprint density at radius 3 is 2.89 bits per heavy atom. The van der Waals surface area contributed by atoms with Crippen molar-refractivity contribution in [2.24, 2.45) is 5.73 Å². The summed E-state index contributed by atoms with van der Waals surface area (Å²) in [5.41, 5.74) is 6.31. The maximum Gasteiger partial charge on any atom is 0.119 e. The van der Waals surface area contributed by atoms with Crippen LogP contribution in [0, 0.1) is 0 Å². The van der Waals surface area contributed by atoms with E-state index in [0.29, 0.717) is 6.54 Å². The Hall–Kier alpha value is -0.630. The number of rotatable bonds is 1. The van der Waals surface area contributed by atoms with Crippen LogP contribution in [0.25, 0.3) is 0 Å². The van der Waals surface area contributed by atoms with E-state index in [9.17, 15) is 4.39 Å². The molecule has 2 N–H and O–H groups in total. The van der Waals surface area contributed by atoms with Gasteiger partial charge in [0.25, 0.3) is 0 Å². The number of halogens is 1. The second-order valence-electron chi connectivity index (χ2n) is 2.13. The fourth-order valence-corrected chi connectivity index (χ4v) is 0.883. The van der Waals surface area contributed by atoms with E-state index in [1.807, 2.05) is 0 Å². The summed E-state index contributed by atoms with van der Waals surface area (Å²) in [6, 6.07) is 0. The van der Waals surface area contributed by atoms with Crippen molar-refractivity contribution in [3.05, 3.63) is 23.6 Å². The molecule has 0 saturated carbocycles. The third-order valence-corrected chi connectivity index (χ3v) is 1.41. The molecule has 9 heavy (non-hydrogen) atoms. The predicted octanol–water partition coefficient (Wildman–Crippen LogP) is 1.52. The molecule has 0 aromatic heterocycles. The van der Waals surface area contributed by atoms with Crippen LogP contribution in [-0.4, -0.2) is 6.54 Å². The van der Waals surface area contributed by atoms with Crippen molar-refractivity contribution in [1.82, 2.24) is 0 Å². The summed E-state index contributed by atoms with van der Waals surface area (Å²) < 4.78 is 12.3. The van der Waals surface area contributed by atoms with E-state index >= 15 is 0 Å². The van der Waals surface area contributed by atoms with E-state index < -0.39 is 0 Å². The number of hydrogen-bond donors (Lipinski definition) is 1. The van der Waals surface area contributed by atoms with Crippen molar-refractivity contribution in [3.8, 4) is 0 Å². The van der Waals surface area contributed by atoms with Crippen LogP contribution in [-0.2, 0) is 0 Å². The standard InChI is InChI=1S/C7H10FN/c8-7-3-1-2-6(4-7)5-9/h3-4H,1-2,5,9H2. The Bertz CT molecular complexity index is 158. The largest absolute Gasteiger partial charge is 0.327 e. The highest BCUT2D eigenvalue weighted by molar-refractivity contribution is 5.23. The highest BCUT2D eigenvalue weighted by atomic mass is 19.1. The minimum atomic E-state index is -0.137. The van der Waals surface area contributed by atoms with E-state index in [1.54, 1.807) is 6.08 Å². The van der Waals surface area contributed by atoms with E-state index in [0.717, 1.165) is 18.4 Å².